The number of aliphatic hydroxyl groups excluding tert-OH is 2. The summed E-state index contributed by atoms with van der Waals surface area (Å²) < 4.78 is 16.9. The zero-order valence-corrected chi connectivity index (χ0v) is 23.3. The highest BCUT2D eigenvalue weighted by Crippen LogP contribution is 2.53. The van der Waals surface area contributed by atoms with Gasteiger partial charge in [0.2, 0.25) is 5.78 Å². The topological polar surface area (TPSA) is 200 Å². The number of aromatic hydroxyl groups is 1. The second-order valence-electron chi connectivity index (χ2n) is 11.0. The molecule has 0 spiro atoms. The van der Waals surface area contributed by atoms with Crippen LogP contribution in [0.1, 0.15) is 17.5 Å². The van der Waals surface area contributed by atoms with Crippen LogP contribution < -0.4 is 11.1 Å². The summed E-state index contributed by atoms with van der Waals surface area (Å²) in [5.41, 5.74) is 3.59. The first-order chi connectivity index (χ1) is 20.3. The molecule has 2 aromatic rings. The van der Waals surface area contributed by atoms with Crippen molar-refractivity contribution in [1.82, 2.24) is 4.90 Å². The largest absolute Gasteiger partial charge is 0.508 e. The van der Waals surface area contributed by atoms with Crippen LogP contribution in [0, 0.1) is 11.8 Å². The van der Waals surface area contributed by atoms with Crippen molar-refractivity contribution in [3.05, 3.63) is 64.4 Å². The van der Waals surface area contributed by atoms with E-state index in [-0.39, 0.29) is 36.3 Å². The van der Waals surface area contributed by atoms with Gasteiger partial charge in [0.1, 0.15) is 36.1 Å². The molecule has 0 unspecified atom stereocenters. The Hall–Kier alpha value is -4.75. The number of benzene rings is 2. The van der Waals surface area contributed by atoms with Crippen LogP contribution in [0.3, 0.4) is 0 Å². The monoisotopic (exact) mass is 595 g/mol. The minimum atomic E-state index is -2.72. The predicted molar refractivity (Wildman–Crippen MR) is 151 cm³/mol. The van der Waals surface area contributed by atoms with E-state index in [1.54, 1.807) is 30.3 Å². The number of likely N-dealkylation sites (N-methyl/N-ethyl adjacent to an activating group) is 1. The molecule has 43 heavy (non-hydrogen) atoms. The first kappa shape index (κ1) is 29.7. The molecule has 5 rings (SSSR count). The first-order valence-corrected chi connectivity index (χ1v) is 13.4. The third-order valence-corrected chi connectivity index (χ3v) is 8.36. The van der Waals surface area contributed by atoms with Crippen molar-refractivity contribution in [2.75, 3.05) is 32.7 Å². The number of fused-ring (bicyclic) bond motifs is 3. The van der Waals surface area contributed by atoms with E-state index in [0.29, 0.717) is 22.4 Å². The van der Waals surface area contributed by atoms with Gasteiger partial charge in [-0.2, -0.15) is 0 Å². The van der Waals surface area contributed by atoms with Crippen LogP contribution in [0.2, 0.25) is 0 Å². The standard InChI is InChI=1S/C30H30FN3O9/c1-34(2)23-18-12-14-11-17-16(13-3-5-15(6-4-13)33-29(41)43-10-9-31)7-8-19(35)21(17)24(36)20(14)26(38)30(18,42)27(39)22(25(23)37)28(32)40/h3-8,14,18,23,35-36,39,42H,9-12H2,1-2H3,(H2,32,40)(H,33,41)/t14-,18-,23+,30-/m0/s1. The summed E-state index contributed by atoms with van der Waals surface area (Å²) in [5, 5.41) is 47.3. The molecule has 0 aliphatic heterocycles. The number of hydrogen-bond acceptors (Lipinski definition) is 10. The van der Waals surface area contributed by atoms with Crippen molar-refractivity contribution < 1.29 is 48.7 Å². The number of primary amides is 1. The molecule has 12 nitrogen and oxygen atoms in total. The Morgan fingerprint density at radius 3 is 2.40 bits per heavy atom. The van der Waals surface area contributed by atoms with Gasteiger partial charge in [0.15, 0.2) is 11.4 Å². The number of amides is 2. The number of carbonyl (C=O) groups excluding carboxylic acids is 4. The summed E-state index contributed by atoms with van der Waals surface area (Å²) in [6.45, 7) is -1.19. The zero-order chi connectivity index (χ0) is 31.4. The fraction of sp³-hybridized carbons (Fsp3) is 0.333. The van der Waals surface area contributed by atoms with Gasteiger partial charge < -0.3 is 30.9 Å². The molecule has 2 aromatic carbocycles. The van der Waals surface area contributed by atoms with E-state index in [0.717, 1.165) is 0 Å². The molecule has 4 atom stereocenters. The highest BCUT2D eigenvalue weighted by Gasteiger charge is 2.64. The van der Waals surface area contributed by atoms with Crippen LogP contribution in [0.25, 0.3) is 16.9 Å². The third kappa shape index (κ3) is 4.61. The van der Waals surface area contributed by atoms with Gasteiger partial charge >= 0.3 is 6.09 Å². The van der Waals surface area contributed by atoms with Crippen LogP contribution >= 0.6 is 0 Å². The maximum absolute atomic E-state index is 14.0. The average molecular weight is 596 g/mol. The van der Waals surface area contributed by atoms with Gasteiger partial charge in [-0.05, 0) is 67.7 Å². The Kier molecular flexibility index (Phi) is 7.48. The molecule has 3 aliphatic carbocycles. The Balaban J connectivity index is 1.59. The number of ketones is 2. The van der Waals surface area contributed by atoms with Crippen molar-refractivity contribution in [1.29, 1.82) is 0 Å². The number of Topliss-reactive ketones (excluding diaryl/α,β-unsaturated/α-hetero) is 2. The lowest BCUT2D eigenvalue weighted by Gasteiger charge is -2.50. The maximum Gasteiger partial charge on any atom is 0.411 e. The lowest BCUT2D eigenvalue weighted by Crippen LogP contribution is -2.65. The molecule has 0 aromatic heterocycles. The normalized spacial score (nSPS) is 24.8. The smallest absolute Gasteiger partial charge is 0.411 e. The Morgan fingerprint density at radius 2 is 1.79 bits per heavy atom. The lowest BCUT2D eigenvalue weighted by atomic mass is 9.57. The first-order valence-electron chi connectivity index (χ1n) is 13.4. The van der Waals surface area contributed by atoms with Crippen molar-refractivity contribution in [3.63, 3.8) is 0 Å². The molecule has 1 saturated carbocycles. The van der Waals surface area contributed by atoms with Crippen LogP contribution in [0.15, 0.2) is 53.3 Å². The van der Waals surface area contributed by atoms with Gasteiger partial charge in [0.25, 0.3) is 5.91 Å². The molecule has 0 heterocycles. The zero-order valence-electron chi connectivity index (χ0n) is 23.3. The number of phenolic OH excluding ortho intramolecular Hbond substituents is 1. The van der Waals surface area contributed by atoms with E-state index in [9.17, 15) is 44.0 Å². The van der Waals surface area contributed by atoms with Crippen molar-refractivity contribution in [3.8, 4) is 16.9 Å². The Morgan fingerprint density at radius 1 is 1.12 bits per heavy atom. The quantitative estimate of drug-likeness (QED) is 0.269. The predicted octanol–water partition coefficient (Wildman–Crippen LogP) is 2.15. The summed E-state index contributed by atoms with van der Waals surface area (Å²) in [7, 11) is 3.06. The highest BCUT2D eigenvalue weighted by molar-refractivity contribution is 6.24. The molecular formula is C30H30FN3O9. The van der Waals surface area contributed by atoms with Crippen LogP contribution in [-0.2, 0) is 25.5 Å². The number of carbonyl (C=O) groups is 4. The second kappa shape index (κ2) is 10.8. The van der Waals surface area contributed by atoms with Crippen LogP contribution in [0.5, 0.6) is 5.75 Å². The molecule has 7 N–H and O–H groups in total. The molecule has 0 bridgehead atoms. The maximum atomic E-state index is 14.0. The molecule has 0 saturated heterocycles. The number of hydrogen-bond donors (Lipinski definition) is 6. The van der Waals surface area contributed by atoms with Gasteiger partial charge in [0, 0.05) is 17.2 Å². The van der Waals surface area contributed by atoms with E-state index in [4.69, 9.17) is 5.73 Å². The van der Waals surface area contributed by atoms with E-state index in [1.165, 1.54) is 25.1 Å². The minimum absolute atomic E-state index is 0.0363. The number of phenols is 1. The van der Waals surface area contributed by atoms with Crippen molar-refractivity contribution in [2.45, 2.75) is 24.5 Å². The fourth-order valence-electron chi connectivity index (χ4n) is 6.53. The molecular weight excluding hydrogens is 565 g/mol. The van der Waals surface area contributed by atoms with E-state index < -0.39 is 70.8 Å². The summed E-state index contributed by atoms with van der Waals surface area (Å²) in [6.07, 6.45) is -0.739. The Bertz CT molecular complexity index is 1620. The van der Waals surface area contributed by atoms with Gasteiger partial charge in [-0.1, -0.05) is 18.2 Å². The van der Waals surface area contributed by atoms with Gasteiger partial charge in [-0.25, -0.2) is 9.18 Å². The van der Waals surface area contributed by atoms with E-state index >= 15 is 0 Å². The average Bonchev–Trinajstić information content (AvgIpc) is 2.94. The summed E-state index contributed by atoms with van der Waals surface area (Å²) in [4.78, 5) is 52.5. The highest BCUT2D eigenvalue weighted by atomic mass is 19.1. The number of aliphatic hydroxyl groups is 3. The molecule has 226 valence electrons. The second-order valence-corrected chi connectivity index (χ2v) is 11.0. The minimum Gasteiger partial charge on any atom is -0.508 e. The van der Waals surface area contributed by atoms with Crippen molar-refractivity contribution >= 4 is 35.0 Å². The Labute approximate surface area is 244 Å². The summed E-state index contributed by atoms with van der Waals surface area (Å²) >= 11 is 0. The number of nitrogens with zero attached hydrogens (tertiary/aromatic N) is 1. The molecule has 3 aliphatic rings. The van der Waals surface area contributed by atoms with Crippen molar-refractivity contribution in [2.24, 2.45) is 17.6 Å². The SMILES string of the molecule is CN(C)[C@H]1C(=O)C(C(N)=O)=C(O)[C@@]2(O)C(=O)C3=C(O)c4c(O)ccc(-c5ccc(NC(=O)OCCF)cc5)c4C[C@H]3C[C@@H]12. The van der Waals surface area contributed by atoms with Gasteiger partial charge in [0.05, 0.1) is 11.6 Å². The van der Waals surface area contributed by atoms with Gasteiger partial charge in [-0.3, -0.25) is 24.6 Å². The van der Waals surface area contributed by atoms with Crippen LogP contribution in [0.4, 0.5) is 14.9 Å². The van der Waals surface area contributed by atoms with E-state index in [2.05, 4.69) is 10.1 Å². The molecule has 13 heteroatoms. The number of halogens is 1. The number of nitrogens with two attached hydrogens (primary N) is 1. The number of alkyl halides is 1. The molecule has 2 amide bonds. The number of nitrogens with one attached hydrogen (secondary N) is 1. The fourth-order valence-corrected chi connectivity index (χ4v) is 6.53. The van der Waals surface area contributed by atoms with Crippen LogP contribution in [-0.4, -0.2) is 87.9 Å². The molecule has 1 fully saturated rings. The van der Waals surface area contributed by atoms with Gasteiger partial charge in [-0.15, -0.1) is 0 Å². The lowest BCUT2D eigenvalue weighted by molar-refractivity contribution is -0.153. The summed E-state index contributed by atoms with van der Waals surface area (Å²) in [5.74, 6) is -7.21. The number of rotatable bonds is 6. The summed E-state index contributed by atoms with van der Waals surface area (Å²) in [6, 6.07) is 8.30. The van der Waals surface area contributed by atoms with E-state index in [1.807, 2.05) is 0 Å². The molecule has 0 radical (unpaired) electrons. The third-order valence-electron chi connectivity index (χ3n) is 8.36. The number of ether oxygens (including phenoxy) is 1. The number of anilines is 1.